The second kappa shape index (κ2) is 9.77. The maximum absolute atomic E-state index is 12.1. The van der Waals surface area contributed by atoms with Crippen molar-refractivity contribution < 1.29 is 14.3 Å². The van der Waals surface area contributed by atoms with Crippen LogP contribution in [-0.2, 0) is 4.79 Å². The second-order valence-electron chi connectivity index (χ2n) is 6.15. The molecule has 0 saturated carbocycles. The minimum absolute atomic E-state index is 0.145. The van der Waals surface area contributed by atoms with Crippen LogP contribution < -0.4 is 14.8 Å². The topological polar surface area (TPSA) is 71.3 Å². The van der Waals surface area contributed by atoms with Crippen LogP contribution in [0.1, 0.15) is 11.1 Å². The number of anilines is 1. The number of allylic oxidation sites excluding steroid dienone is 1. The van der Waals surface area contributed by atoms with Crippen LogP contribution in [0.15, 0.2) is 78.9 Å². The molecule has 1 amide bonds. The van der Waals surface area contributed by atoms with Gasteiger partial charge >= 0.3 is 0 Å². The van der Waals surface area contributed by atoms with Gasteiger partial charge in [0.05, 0.1) is 18.8 Å². The number of nitrogens with one attached hydrogen (secondary N) is 1. The molecule has 3 aromatic rings. The second-order valence-corrected chi connectivity index (χ2v) is 6.15. The van der Waals surface area contributed by atoms with Gasteiger partial charge in [0.15, 0.2) is 18.1 Å². The highest BCUT2D eigenvalue weighted by Gasteiger charge is 2.09. The standard InChI is InChI=1S/C24H20N2O3/c1-28-23-15-18(14-20(16-25)19-8-4-2-5-9-19)12-13-22(23)29-17-24(27)26-21-10-6-3-7-11-21/h2-15H,17H2,1H3,(H,26,27). The van der Waals surface area contributed by atoms with Gasteiger partial charge in [0, 0.05) is 5.69 Å². The number of methoxy groups -OCH3 is 1. The Morgan fingerprint density at radius 3 is 2.34 bits per heavy atom. The smallest absolute Gasteiger partial charge is 0.262 e. The van der Waals surface area contributed by atoms with Crippen molar-refractivity contribution in [3.63, 3.8) is 0 Å². The van der Waals surface area contributed by atoms with Gasteiger partial charge in [0.25, 0.3) is 5.91 Å². The monoisotopic (exact) mass is 384 g/mol. The van der Waals surface area contributed by atoms with Gasteiger partial charge in [-0.25, -0.2) is 0 Å². The molecule has 0 bridgehead atoms. The Kier molecular flexibility index (Phi) is 6.64. The molecule has 3 aromatic carbocycles. The van der Waals surface area contributed by atoms with Crippen LogP contribution in [0.3, 0.4) is 0 Å². The Morgan fingerprint density at radius 1 is 1.00 bits per heavy atom. The van der Waals surface area contributed by atoms with Gasteiger partial charge in [-0.05, 0) is 41.5 Å². The fraction of sp³-hybridized carbons (Fsp3) is 0.0833. The number of hydrogen-bond donors (Lipinski definition) is 1. The van der Waals surface area contributed by atoms with Crippen molar-refractivity contribution in [1.29, 1.82) is 5.26 Å². The lowest BCUT2D eigenvalue weighted by atomic mass is 10.0. The molecule has 0 unspecified atom stereocenters. The third kappa shape index (κ3) is 5.47. The molecule has 29 heavy (non-hydrogen) atoms. The molecule has 144 valence electrons. The van der Waals surface area contributed by atoms with Crippen LogP contribution in [-0.4, -0.2) is 19.6 Å². The summed E-state index contributed by atoms with van der Waals surface area (Å²) in [7, 11) is 1.53. The number of hydrogen-bond acceptors (Lipinski definition) is 4. The van der Waals surface area contributed by atoms with Crippen LogP contribution in [0.25, 0.3) is 11.6 Å². The number of nitriles is 1. The SMILES string of the molecule is COc1cc(C=C(C#N)c2ccccc2)ccc1OCC(=O)Nc1ccccc1. The zero-order chi connectivity index (χ0) is 20.5. The first-order valence-corrected chi connectivity index (χ1v) is 9.02. The molecule has 0 saturated heterocycles. The predicted molar refractivity (Wildman–Crippen MR) is 113 cm³/mol. The number of carbonyl (C=O) groups excluding carboxylic acids is 1. The molecule has 1 N–H and O–H groups in total. The van der Waals surface area contributed by atoms with Crippen molar-refractivity contribution in [1.82, 2.24) is 0 Å². The number of ether oxygens (including phenoxy) is 2. The van der Waals surface area contributed by atoms with Crippen molar-refractivity contribution in [2.45, 2.75) is 0 Å². The highest BCUT2D eigenvalue weighted by atomic mass is 16.5. The highest BCUT2D eigenvalue weighted by Crippen LogP contribution is 2.30. The maximum Gasteiger partial charge on any atom is 0.262 e. The summed E-state index contributed by atoms with van der Waals surface area (Å²) in [6.07, 6.45) is 1.78. The Bertz CT molecular complexity index is 1040. The highest BCUT2D eigenvalue weighted by molar-refractivity contribution is 5.92. The van der Waals surface area contributed by atoms with E-state index in [2.05, 4.69) is 11.4 Å². The molecule has 0 fully saturated rings. The molecule has 0 atom stereocenters. The van der Waals surface area contributed by atoms with Gasteiger partial charge in [-0.2, -0.15) is 5.26 Å². The predicted octanol–water partition coefficient (Wildman–Crippen LogP) is 4.78. The van der Waals surface area contributed by atoms with Crippen molar-refractivity contribution in [3.05, 3.63) is 90.0 Å². The average Bonchev–Trinajstić information content (AvgIpc) is 2.77. The normalized spacial score (nSPS) is 10.7. The summed E-state index contributed by atoms with van der Waals surface area (Å²) in [6.45, 7) is -0.145. The molecule has 5 nitrogen and oxygen atoms in total. The van der Waals surface area contributed by atoms with E-state index in [4.69, 9.17) is 9.47 Å². The molecule has 0 aliphatic rings. The Labute approximate surface area is 169 Å². The van der Waals surface area contributed by atoms with Crippen LogP contribution in [0.5, 0.6) is 11.5 Å². The number of benzene rings is 3. The van der Waals surface area contributed by atoms with E-state index in [0.29, 0.717) is 22.8 Å². The minimum Gasteiger partial charge on any atom is -0.493 e. The molecule has 0 aromatic heterocycles. The molecule has 5 heteroatoms. The lowest BCUT2D eigenvalue weighted by Crippen LogP contribution is -2.20. The Balaban J connectivity index is 1.71. The fourth-order valence-electron chi connectivity index (χ4n) is 2.72. The van der Waals surface area contributed by atoms with Gasteiger partial charge in [-0.1, -0.05) is 54.6 Å². The fourth-order valence-corrected chi connectivity index (χ4v) is 2.72. The number of nitrogens with zero attached hydrogens (tertiary/aromatic N) is 1. The molecule has 0 spiro atoms. The number of rotatable bonds is 7. The van der Waals surface area contributed by atoms with Crippen molar-refractivity contribution in [2.24, 2.45) is 0 Å². The van der Waals surface area contributed by atoms with E-state index < -0.39 is 0 Å². The van der Waals surface area contributed by atoms with Gasteiger partial charge in [-0.15, -0.1) is 0 Å². The van der Waals surface area contributed by atoms with Gasteiger partial charge in [0.2, 0.25) is 0 Å². The third-order valence-electron chi connectivity index (χ3n) is 4.12. The summed E-state index contributed by atoms with van der Waals surface area (Å²) in [5.41, 5.74) is 2.89. The first-order chi connectivity index (χ1) is 14.2. The zero-order valence-electron chi connectivity index (χ0n) is 16.0. The van der Waals surface area contributed by atoms with E-state index in [1.807, 2.05) is 54.6 Å². The van der Waals surface area contributed by atoms with Crippen LogP contribution in [0, 0.1) is 11.3 Å². The van der Waals surface area contributed by atoms with Gasteiger partial charge < -0.3 is 14.8 Å². The van der Waals surface area contributed by atoms with Gasteiger partial charge in [0.1, 0.15) is 0 Å². The zero-order valence-corrected chi connectivity index (χ0v) is 16.0. The van der Waals surface area contributed by atoms with Crippen LogP contribution in [0.4, 0.5) is 5.69 Å². The Morgan fingerprint density at radius 2 is 1.69 bits per heavy atom. The minimum atomic E-state index is -0.266. The summed E-state index contributed by atoms with van der Waals surface area (Å²) in [4.78, 5) is 12.1. The first kappa shape index (κ1) is 19.7. The van der Waals surface area contributed by atoms with Crippen LogP contribution in [0.2, 0.25) is 0 Å². The summed E-state index contributed by atoms with van der Waals surface area (Å²) < 4.78 is 11.0. The lowest BCUT2D eigenvalue weighted by Gasteiger charge is -2.12. The maximum atomic E-state index is 12.1. The Hall–Kier alpha value is -4.04. The van der Waals surface area contributed by atoms with E-state index in [9.17, 15) is 10.1 Å². The number of amides is 1. The summed E-state index contributed by atoms with van der Waals surface area (Å²) in [5.74, 6) is 0.667. The quantitative estimate of drug-likeness (QED) is 0.470. The third-order valence-corrected chi connectivity index (χ3v) is 4.12. The van der Waals surface area contributed by atoms with E-state index in [1.165, 1.54) is 7.11 Å². The summed E-state index contributed by atoms with van der Waals surface area (Å²) >= 11 is 0. The number of para-hydroxylation sites is 1. The molecular formula is C24H20N2O3. The van der Waals surface area contributed by atoms with Crippen molar-refractivity contribution in [3.8, 4) is 17.6 Å². The summed E-state index contributed by atoms with van der Waals surface area (Å²) in [5, 5.41) is 12.2. The molecule has 0 radical (unpaired) electrons. The number of carbonyl (C=O) groups is 1. The molecule has 0 aliphatic heterocycles. The van der Waals surface area contributed by atoms with E-state index in [1.54, 1.807) is 30.3 Å². The molecular weight excluding hydrogens is 364 g/mol. The largest absolute Gasteiger partial charge is 0.493 e. The van der Waals surface area contributed by atoms with Gasteiger partial charge in [-0.3, -0.25) is 4.79 Å². The lowest BCUT2D eigenvalue weighted by molar-refractivity contribution is -0.118. The van der Waals surface area contributed by atoms with Crippen molar-refractivity contribution in [2.75, 3.05) is 19.0 Å². The van der Waals surface area contributed by atoms with Crippen LogP contribution >= 0.6 is 0 Å². The first-order valence-electron chi connectivity index (χ1n) is 9.02. The molecule has 0 aliphatic carbocycles. The van der Waals surface area contributed by atoms with E-state index in [-0.39, 0.29) is 12.5 Å². The van der Waals surface area contributed by atoms with E-state index >= 15 is 0 Å². The average molecular weight is 384 g/mol. The van der Waals surface area contributed by atoms with E-state index in [0.717, 1.165) is 11.1 Å². The molecule has 0 heterocycles. The van der Waals surface area contributed by atoms with Crippen molar-refractivity contribution >= 4 is 23.2 Å². The summed E-state index contributed by atoms with van der Waals surface area (Å²) in [6, 6.07) is 26.1. The molecule has 3 rings (SSSR count).